The summed E-state index contributed by atoms with van der Waals surface area (Å²) in [4.78, 5) is 62.6. The van der Waals surface area contributed by atoms with E-state index in [0.29, 0.717) is 32.7 Å². The Balaban J connectivity index is 1.18. The lowest BCUT2D eigenvalue weighted by Gasteiger charge is -2.11. The second-order valence-electron chi connectivity index (χ2n) is 11.0. The van der Waals surface area contributed by atoms with Gasteiger partial charge in [-0.3, -0.25) is 29.1 Å². The molecular weight excluding hydrogens is 610 g/mol. The monoisotopic (exact) mass is 632 g/mol. The zero-order valence-electron chi connectivity index (χ0n) is 25.0. The van der Waals surface area contributed by atoms with Crippen molar-refractivity contribution >= 4 is 44.7 Å². The second kappa shape index (κ2) is 12.3. The molecule has 2 heterocycles. The molecule has 0 bridgehead atoms. The average Bonchev–Trinajstić information content (AvgIpc) is 3.13. The van der Waals surface area contributed by atoms with Gasteiger partial charge in [-0.2, -0.15) is 0 Å². The maximum atomic E-state index is 13.7. The number of carbonyl (C=O) groups is 4. The van der Waals surface area contributed by atoms with E-state index in [1.165, 1.54) is 85.2 Å². The van der Waals surface area contributed by atoms with E-state index in [9.17, 15) is 28.0 Å². The molecule has 7 rings (SSSR count). The van der Waals surface area contributed by atoms with E-state index >= 15 is 0 Å². The van der Waals surface area contributed by atoms with Crippen molar-refractivity contribution in [2.24, 2.45) is 0 Å². The van der Waals surface area contributed by atoms with Crippen LogP contribution in [0.25, 0.3) is 21.5 Å². The maximum Gasteiger partial charge on any atom is 0.211 e. The summed E-state index contributed by atoms with van der Waals surface area (Å²) >= 11 is 0. The number of fused-ring (bicyclic) bond motifs is 2. The highest BCUT2D eigenvalue weighted by Gasteiger charge is 2.22. The molecule has 8 heteroatoms. The fraction of sp³-hybridized carbons (Fsp3) is 0. The van der Waals surface area contributed by atoms with Crippen molar-refractivity contribution in [3.05, 3.63) is 190 Å². The van der Waals surface area contributed by atoms with Crippen molar-refractivity contribution in [2.75, 3.05) is 0 Å². The van der Waals surface area contributed by atoms with Gasteiger partial charge >= 0.3 is 0 Å². The van der Waals surface area contributed by atoms with Gasteiger partial charge in [0.25, 0.3) is 0 Å². The number of ketones is 4. The molecule has 0 aliphatic rings. The lowest BCUT2D eigenvalue weighted by molar-refractivity contribution is 0.102. The van der Waals surface area contributed by atoms with Gasteiger partial charge in [0.15, 0.2) is 11.6 Å². The lowest BCUT2D eigenvalue weighted by Crippen LogP contribution is -2.11. The Morgan fingerprint density at radius 2 is 0.667 bits per heavy atom. The predicted molar refractivity (Wildman–Crippen MR) is 176 cm³/mol. The molecule has 0 fully saturated rings. The number of hydrogen-bond donors (Lipinski definition) is 0. The Morgan fingerprint density at radius 1 is 0.375 bits per heavy atom. The summed E-state index contributed by atoms with van der Waals surface area (Å²) in [7, 11) is 0. The number of nitrogens with zero attached hydrogens (tertiary/aromatic N) is 2. The van der Waals surface area contributed by atoms with Crippen LogP contribution in [0.1, 0.15) is 63.9 Å². The highest BCUT2D eigenvalue weighted by atomic mass is 19.1. The van der Waals surface area contributed by atoms with Crippen LogP contribution in [0.3, 0.4) is 0 Å². The summed E-state index contributed by atoms with van der Waals surface area (Å²) < 4.78 is 26.9. The SMILES string of the molecule is O=C(c1ccc(F)cc1)c1cnc(C(=O)c2ccc(C(=O)c3ncc(C(=O)c4ccc(F)cc4)c4ccccc34)cc2)c2ccccc12. The molecule has 0 spiro atoms. The minimum Gasteiger partial charge on any atom is -0.289 e. The van der Waals surface area contributed by atoms with Crippen molar-refractivity contribution in [2.45, 2.75) is 0 Å². The number of carbonyl (C=O) groups excluding carboxylic acids is 4. The number of benzene rings is 5. The Labute approximate surface area is 272 Å². The van der Waals surface area contributed by atoms with Gasteiger partial charge in [-0.25, -0.2) is 8.78 Å². The first-order valence-electron chi connectivity index (χ1n) is 14.9. The van der Waals surface area contributed by atoms with Gasteiger partial charge in [0.1, 0.15) is 23.0 Å². The first-order valence-corrected chi connectivity index (χ1v) is 14.9. The van der Waals surface area contributed by atoms with E-state index in [1.54, 1.807) is 48.5 Å². The van der Waals surface area contributed by atoms with Crippen LogP contribution in [0.2, 0.25) is 0 Å². The average molecular weight is 633 g/mol. The summed E-state index contributed by atoms with van der Waals surface area (Å²) in [6.07, 6.45) is 2.70. The summed E-state index contributed by atoms with van der Waals surface area (Å²) in [5.41, 5.74) is 1.96. The van der Waals surface area contributed by atoms with E-state index in [-0.39, 0.29) is 45.2 Å². The minimum atomic E-state index is -0.458. The van der Waals surface area contributed by atoms with Crippen LogP contribution in [0.15, 0.2) is 134 Å². The van der Waals surface area contributed by atoms with Crippen molar-refractivity contribution in [1.29, 1.82) is 0 Å². The van der Waals surface area contributed by atoms with E-state index in [4.69, 9.17) is 0 Å². The maximum absolute atomic E-state index is 13.7. The fourth-order valence-electron chi connectivity index (χ4n) is 5.67. The van der Waals surface area contributed by atoms with Crippen LogP contribution in [0.4, 0.5) is 8.78 Å². The molecule has 6 nitrogen and oxygen atoms in total. The predicted octanol–water partition coefficient (Wildman–Crippen LogP) is 7.99. The summed E-state index contributed by atoms with van der Waals surface area (Å²) in [6.45, 7) is 0. The van der Waals surface area contributed by atoms with Gasteiger partial charge in [-0.1, -0.05) is 72.8 Å². The molecule has 0 saturated heterocycles. The van der Waals surface area contributed by atoms with Crippen LogP contribution in [0.5, 0.6) is 0 Å². The molecule has 0 saturated carbocycles. The molecule has 5 aromatic carbocycles. The summed E-state index contributed by atoms with van der Waals surface area (Å²) in [5, 5.41) is 2.00. The van der Waals surface area contributed by atoms with Crippen molar-refractivity contribution in [1.82, 2.24) is 9.97 Å². The molecule has 0 atom stereocenters. The Kier molecular flexibility index (Phi) is 7.74. The van der Waals surface area contributed by atoms with Crippen LogP contribution in [-0.4, -0.2) is 33.1 Å². The topological polar surface area (TPSA) is 94.1 Å². The molecular formula is C40H22F2N2O4. The Morgan fingerprint density at radius 3 is 1.02 bits per heavy atom. The highest BCUT2D eigenvalue weighted by molar-refractivity contribution is 6.23. The van der Waals surface area contributed by atoms with Gasteiger partial charge < -0.3 is 0 Å². The molecule has 48 heavy (non-hydrogen) atoms. The minimum absolute atomic E-state index is 0.134. The molecule has 7 aromatic rings. The smallest absolute Gasteiger partial charge is 0.211 e. The number of pyridine rings is 2. The van der Waals surface area contributed by atoms with Crippen molar-refractivity contribution < 1.29 is 28.0 Å². The van der Waals surface area contributed by atoms with Gasteiger partial charge in [-0.05, 0) is 59.3 Å². The third-order valence-corrected chi connectivity index (χ3v) is 8.13. The number of rotatable bonds is 8. The Hall–Kier alpha value is -6.54. The van der Waals surface area contributed by atoms with Gasteiger partial charge in [-0.15, -0.1) is 0 Å². The third-order valence-electron chi connectivity index (χ3n) is 8.13. The summed E-state index contributed by atoms with van der Waals surface area (Å²) in [6, 6.07) is 30.4. The lowest BCUT2D eigenvalue weighted by atomic mass is 9.94. The number of halogens is 2. The first-order chi connectivity index (χ1) is 23.3. The van der Waals surface area contributed by atoms with Crippen LogP contribution >= 0.6 is 0 Å². The molecule has 0 amide bonds. The molecule has 0 aliphatic heterocycles. The normalized spacial score (nSPS) is 11.0. The zero-order chi connectivity index (χ0) is 33.4. The number of aromatic nitrogens is 2. The van der Waals surface area contributed by atoms with Gasteiger partial charge in [0, 0.05) is 56.5 Å². The van der Waals surface area contributed by atoms with Gasteiger partial charge in [0.05, 0.1) is 0 Å². The largest absolute Gasteiger partial charge is 0.289 e. The van der Waals surface area contributed by atoms with E-state index < -0.39 is 23.2 Å². The van der Waals surface area contributed by atoms with Crippen LogP contribution < -0.4 is 0 Å². The molecule has 0 unspecified atom stereocenters. The van der Waals surface area contributed by atoms with E-state index in [1.807, 2.05) is 0 Å². The number of hydrogen-bond acceptors (Lipinski definition) is 6. The van der Waals surface area contributed by atoms with Crippen LogP contribution in [0, 0.1) is 11.6 Å². The highest BCUT2D eigenvalue weighted by Crippen LogP contribution is 2.28. The van der Waals surface area contributed by atoms with Crippen molar-refractivity contribution in [3.63, 3.8) is 0 Å². The molecule has 0 N–H and O–H groups in total. The Bertz CT molecular complexity index is 2250. The van der Waals surface area contributed by atoms with Crippen LogP contribution in [-0.2, 0) is 0 Å². The standard InChI is InChI=1S/C40H22F2N2O4/c41-27-17-13-23(14-18-27)37(45)33-21-43-35(31-7-3-1-5-29(31)33)39(47)25-9-11-26(12-10-25)40(48)36-32-8-4-2-6-30(32)34(22-44-36)38(46)24-15-19-28(42)20-16-24/h1-22H. The van der Waals surface area contributed by atoms with Gasteiger partial charge in [0.2, 0.25) is 11.6 Å². The fourth-order valence-corrected chi connectivity index (χ4v) is 5.67. The molecule has 2 aromatic heterocycles. The second-order valence-corrected chi connectivity index (χ2v) is 11.0. The third kappa shape index (κ3) is 5.45. The molecule has 0 aliphatic carbocycles. The molecule has 0 radical (unpaired) electrons. The van der Waals surface area contributed by atoms with Crippen molar-refractivity contribution in [3.8, 4) is 0 Å². The quantitative estimate of drug-likeness (QED) is 0.158. The molecule has 230 valence electrons. The first kappa shape index (κ1) is 30.1. The van der Waals surface area contributed by atoms with E-state index in [0.717, 1.165) is 0 Å². The zero-order valence-corrected chi connectivity index (χ0v) is 25.0. The summed E-state index contributed by atoms with van der Waals surface area (Å²) in [5.74, 6) is -2.43. The van der Waals surface area contributed by atoms with E-state index in [2.05, 4.69) is 9.97 Å².